The Labute approximate surface area is 155 Å². The molecule has 0 unspecified atom stereocenters. The van der Waals surface area contributed by atoms with Crippen LogP contribution in [0.1, 0.15) is 48.0 Å². The number of carboxylic acid groups (broad SMARTS) is 1. The number of amides is 1. The number of hydrogen-bond acceptors (Lipinski definition) is 6. The molecule has 0 aromatic rings. The standard InChI is InChI=1S/C18H34N2O6/c1-11(2)13(9-19)16(23)25-8-7-18(5,6)26-17(24)20-10-14(12(3)4)15(21)22/h11-14H,7-10,19H2,1-6H3,(H,20,24)(H,21,22)/t13-,14-/m1/s1. The molecule has 0 spiro atoms. The van der Waals surface area contributed by atoms with E-state index in [1.165, 1.54) is 0 Å². The molecule has 8 heteroatoms. The molecule has 0 aromatic heterocycles. The third kappa shape index (κ3) is 9.03. The number of nitrogens with one attached hydrogen (secondary N) is 1. The van der Waals surface area contributed by atoms with Crippen LogP contribution in [0.15, 0.2) is 0 Å². The summed E-state index contributed by atoms with van der Waals surface area (Å²) in [5, 5.41) is 11.6. The molecule has 8 nitrogen and oxygen atoms in total. The maximum absolute atomic E-state index is 12.0. The van der Waals surface area contributed by atoms with E-state index in [0.717, 1.165) is 0 Å². The van der Waals surface area contributed by atoms with Gasteiger partial charge in [-0.15, -0.1) is 0 Å². The van der Waals surface area contributed by atoms with Crippen LogP contribution in [0.25, 0.3) is 0 Å². The number of rotatable bonds is 11. The highest BCUT2D eigenvalue weighted by atomic mass is 16.6. The smallest absolute Gasteiger partial charge is 0.407 e. The monoisotopic (exact) mass is 374 g/mol. The third-order valence-corrected chi connectivity index (χ3v) is 4.27. The molecule has 2 atom stereocenters. The van der Waals surface area contributed by atoms with Gasteiger partial charge in [0.2, 0.25) is 0 Å². The lowest BCUT2D eigenvalue weighted by molar-refractivity contribution is -0.151. The molecule has 0 aromatic carbocycles. The topological polar surface area (TPSA) is 128 Å². The molecular weight excluding hydrogens is 340 g/mol. The highest BCUT2D eigenvalue weighted by molar-refractivity contribution is 5.73. The van der Waals surface area contributed by atoms with Crippen molar-refractivity contribution in [2.75, 3.05) is 19.7 Å². The maximum atomic E-state index is 12.0. The average Bonchev–Trinajstić information content (AvgIpc) is 2.45. The zero-order valence-corrected chi connectivity index (χ0v) is 16.7. The zero-order chi connectivity index (χ0) is 20.5. The number of hydrogen-bond donors (Lipinski definition) is 3. The molecule has 0 heterocycles. The van der Waals surface area contributed by atoms with Crippen LogP contribution in [0.5, 0.6) is 0 Å². The fraction of sp³-hybridized carbons (Fsp3) is 0.833. The average molecular weight is 374 g/mol. The van der Waals surface area contributed by atoms with Crippen LogP contribution in [0.2, 0.25) is 0 Å². The SMILES string of the molecule is CC(C)[C@@H](CNC(=O)OC(C)(C)CCOC(=O)[C@H](CN)C(C)C)C(=O)O. The fourth-order valence-electron chi connectivity index (χ4n) is 2.28. The summed E-state index contributed by atoms with van der Waals surface area (Å²) >= 11 is 0. The van der Waals surface area contributed by atoms with Crippen LogP contribution in [0, 0.1) is 23.7 Å². The van der Waals surface area contributed by atoms with Crippen LogP contribution in [-0.2, 0) is 19.1 Å². The van der Waals surface area contributed by atoms with Crippen LogP contribution >= 0.6 is 0 Å². The first-order valence-corrected chi connectivity index (χ1v) is 8.97. The Morgan fingerprint density at radius 3 is 2.04 bits per heavy atom. The first kappa shape index (κ1) is 24.2. The van der Waals surface area contributed by atoms with E-state index in [0.29, 0.717) is 6.42 Å². The highest BCUT2D eigenvalue weighted by Gasteiger charge is 2.27. The maximum Gasteiger partial charge on any atom is 0.407 e. The van der Waals surface area contributed by atoms with Gasteiger partial charge < -0.3 is 25.6 Å². The highest BCUT2D eigenvalue weighted by Crippen LogP contribution is 2.17. The predicted octanol–water partition coefficient (Wildman–Crippen LogP) is 2.01. The van der Waals surface area contributed by atoms with E-state index in [1.54, 1.807) is 27.7 Å². The summed E-state index contributed by atoms with van der Waals surface area (Å²) < 4.78 is 10.5. The zero-order valence-electron chi connectivity index (χ0n) is 16.7. The number of esters is 1. The molecule has 0 aliphatic heterocycles. The molecule has 0 saturated carbocycles. The summed E-state index contributed by atoms with van der Waals surface area (Å²) in [6.45, 7) is 11.1. The number of nitrogens with two attached hydrogens (primary N) is 1. The Bertz CT molecular complexity index is 476. The van der Waals surface area contributed by atoms with Gasteiger partial charge in [0, 0.05) is 19.5 Å². The van der Waals surface area contributed by atoms with E-state index >= 15 is 0 Å². The number of alkyl carbamates (subject to hydrolysis) is 1. The lowest BCUT2D eigenvalue weighted by Gasteiger charge is -2.26. The summed E-state index contributed by atoms with van der Waals surface area (Å²) in [5.74, 6) is -2.39. The molecule has 152 valence electrons. The Balaban J connectivity index is 4.37. The van der Waals surface area contributed by atoms with Gasteiger partial charge >= 0.3 is 18.0 Å². The van der Waals surface area contributed by atoms with Crippen molar-refractivity contribution in [3.63, 3.8) is 0 Å². The summed E-state index contributed by atoms with van der Waals surface area (Å²) in [4.78, 5) is 35.0. The van der Waals surface area contributed by atoms with Gasteiger partial charge in [-0.2, -0.15) is 0 Å². The minimum absolute atomic E-state index is 0.0104. The summed E-state index contributed by atoms with van der Waals surface area (Å²) in [6.07, 6.45) is -0.385. The summed E-state index contributed by atoms with van der Waals surface area (Å²) in [6, 6.07) is 0. The second-order valence-corrected chi connectivity index (χ2v) is 7.72. The molecule has 0 fully saturated rings. The number of aliphatic carboxylic acids is 1. The molecule has 0 saturated heterocycles. The second-order valence-electron chi connectivity index (χ2n) is 7.72. The lowest BCUT2D eigenvalue weighted by atomic mass is 9.96. The van der Waals surface area contributed by atoms with Crippen LogP contribution < -0.4 is 11.1 Å². The van der Waals surface area contributed by atoms with E-state index in [-0.39, 0.29) is 43.4 Å². The minimum atomic E-state index is -0.967. The summed E-state index contributed by atoms with van der Waals surface area (Å²) in [7, 11) is 0. The van der Waals surface area contributed by atoms with Gasteiger partial charge in [0.25, 0.3) is 0 Å². The van der Waals surface area contributed by atoms with Crippen molar-refractivity contribution >= 4 is 18.0 Å². The second kappa shape index (κ2) is 11.0. The number of carbonyl (C=O) groups excluding carboxylic acids is 2. The molecule has 26 heavy (non-hydrogen) atoms. The van der Waals surface area contributed by atoms with Gasteiger partial charge in [-0.1, -0.05) is 27.7 Å². The Morgan fingerprint density at radius 2 is 1.62 bits per heavy atom. The summed E-state index contributed by atoms with van der Waals surface area (Å²) in [5.41, 5.74) is 4.71. The number of carboxylic acids is 1. The first-order chi connectivity index (χ1) is 11.9. The molecule has 0 radical (unpaired) electrons. The van der Waals surface area contributed by atoms with Crippen LogP contribution in [0.4, 0.5) is 4.79 Å². The molecule has 0 aliphatic carbocycles. The first-order valence-electron chi connectivity index (χ1n) is 8.97. The van der Waals surface area contributed by atoms with E-state index < -0.39 is 23.6 Å². The normalized spacial score (nSPS) is 14.0. The van der Waals surface area contributed by atoms with Crippen molar-refractivity contribution in [3.05, 3.63) is 0 Å². The van der Waals surface area contributed by atoms with Crippen molar-refractivity contribution in [2.45, 2.75) is 53.6 Å². The quantitative estimate of drug-likeness (QED) is 0.472. The van der Waals surface area contributed by atoms with Crippen LogP contribution in [0.3, 0.4) is 0 Å². The molecule has 0 bridgehead atoms. The van der Waals surface area contributed by atoms with Gasteiger partial charge in [-0.3, -0.25) is 9.59 Å². The predicted molar refractivity (Wildman–Crippen MR) is 97.5 cm³/mol. The fourth-order valence-corrected chi connectivity index (χ4v) is 2.28. The molecular formula is C18H34N2O6. The van der Waals surface area contributed by atoms with Crippen molar-refractivity contribution in [1.82, 2.24) is 5.32 Å². The van der Waals surface area contributed by atoms with Crippen LogP contribution in [-0.4, -0.2) is 48.4 Å². The van der Waals surface area contributed by atoms with Crippen molar-refractivity contribution in [1.29, 1.82) is 0 Å². The molecule has 4 N–H and O–H groups in total. The van der Waals surface area contributed by atoms with E-state index in [2.05, 4.69) is 5.32 Å². The number of carbonyl (C=O) groups is 3. The van der Waals surface area contributed by atoms with Crippen molar-refractivity contribution < 1.29 is 29.0 Å². The largest absolute Gasteiger partial charge is 0.481 e. The number of ether oxygens (including phenoxy) is 2. The Hall–Kier alpha value is -1.83. The minimum Gasteiger partial charge on any atom is -0.481 e. The van der Waals surface area contributed by atoms with Gasteiger partial charge in [-0.05, 0) is 25.7 Å². The Morgan fingerprint density at radius 1 is 1.08 bits per heavy atom. The van der Waals surface area contributed by atoms with E-state index in [9.17, 15) is 14.4 Å². The van der Waals surface area contributed by atoms with Gasteiger partial charge in [-0.25, -0.2) is 4.79 Å². The van der Waals surface area contributed by atoms with Crippen molar-refractivity contribution in [2.24, 2.45) is 29.4 Å². The molecule has 0 rings (SSSR count). The third-order valence-electron chi connectivity index (χ3n) is 4.27. The van der Waals surface area contributed by atoms with Gasteiger partial charge in [0.15, 0.2) is 0 Å². The lowest BCUT2D eigenvalue weighted by Crippen LogP contribution is -2.40. The van der Waals surface area contributed by atoms with E-state index in [1.807, 2.05) is 13.8 Å². The molecule has 1 amide bonds. The van der Waals surface area contributed by atoms with E-state index in [4.69, 9.17) is 20.3 Å². The van der Waals surface area contributed by atoms with Crippen molar-refractivity contribution in [3.8, 4) is 0 Å². The van der Waals surface area contributed by atoms with Gasteiger partial charge in [0.1, 0.15) is 5.60 Å². The van der Waals surface area contributed by atoms with Gasteiger partial charge in [0.05, 0.1) is 18.4 Å². The molecule has 0 aliphatic rings. The Kier molecular flexibility index (Phi) is 10.2.